The molecule has 0 atom stereocenters. The lowest BCUT2D eigenvalue weighted by Crippen LogP contribution is -2.42. The minimum absolute atomic E-state index is 0.0574. The van der Waals surface area contributed by atoms with Crippen molar-refractivity contribution in [2.45, 2.75) is 38.2 Å². The summed E-state index contributed by atoms with van der Waals surface area (Å²) >= 11 is 0. The molecule has 0 bridgehead atoms. The van der Waals surface area contributed by atoms with Gasteiger partial charge in [0.1, 0.15) is 5.54 Å². The van der Waals surface area contributed by atoms with Gasteiger partial charge in [0.05, 0.1) is 13.1 Å². The van der Waals surface area contributed by atoms with Crippen LogP contribution in [-0.2, 0) is 9.59 Å². The zero-order valence-electron chi connectivity index (χ0n) is 12.0. The van der Waals surface area contributed by atoms with Gasteiger partial charge in [0.2, 0.25) is 5.91 Å². The second-order valence-electron chi connectivity index (χ2n) is 5.45. The third-order valence-electron chi connectivity index (χ3n) is 3.07. The van der Waals surface area contributed by atoms with Crippen LogP contribution in [0.2, 0.25) is 0 Å². The van der Waals surface area contributed by atoms with E-state index in [1.807, 2.05) is 0 Å². The quantitative estimate of drug-likeness (QED) is 0.567. The number of nitrogens with zero attached hydrogens (tertiary/aromatic N) is 1. The lowest BCUT2D eigenvalue weighted by Gasteiger charge is -2.16. The number of imide groups is 1. The molecule has 21 heavy (non-hydrogen) atoms. The summed E-state index contributed by atoms with van der Waals surface area (Å²) < 4.78 is 25.6. The van der Waals surface area contributed by atoms with Crippen molar-refractivity contribution >= 4 is 17.8 Å². The van der Waals surface area contributed by atoms with Gasteiger partial charge < -0.3 is 16.4 Å². The van der Waals surface area contributed by atoms with Crippen molar-refractivity contribution in [3.63, 3.8) is 0 Å². The minimum atomic E-state index is -3.13. The summed E-state index contributed by atoms with van der Waals surface area (Å²) in [5, 5.41) is 4.57. The molecule has 0 aromatic heterocycles. The predicted molar refractivity (Wildman–Crippen MR) is 70.6 cm³/mol. The van der Waals surface area contributed by atoms with Gasteiger partial charge in [-0.25, -0.2) is 13.6 Å². The third-order valence-corrected chi connectivity index (χ3v) is 3.07. The first kappa shape index (κ1) is 17.3. The van der Waals surface area contributed by atoms with E-state index in [-0.39, 0.29) is 25.3 Å². The molecule has 4 amide bonds. The van der Waals surface area contributed by atoms with Crippen molar-refractivity contribution < 1.29 is 23.2 Å². The van der Waals surface area contributed by atoms with Gasteiger partial charge in [0.25, 0.3) is 11.8 Å². The third kappa shape index (κ3) is 4.62. The molecule has 0 saturated carbocycles. The van der Waals surface area contributed by atoms with E-state index < -0.39 is 36.5 Å². The van der Waals surface area contributed by atoms with Crippen molar-refractivity contribution in [1.29, 1.82) is 0 Å². The summed E-state index contributed by atoms with van der Waals surface area (Å²) in [4.78, 5) is 35.8. The van der Waals surface area contributed by atoms with Gasteiger partial charge in [-0.2, -0.15) is 0 Å². The molecular formula is C12H20F2N4O3. The van der Waals surface area contributed by atoms with Crippen LogP contribution >= 0.6 is 0 Å². The number of nitrogens with two attached hydrogens (primary N) is 1. The van der Waals surface area contributed by atoms with Crippen LogP contribution in [0.5, 0.6) is 0 Å². The van der Waals surface area contributed by atoms with E-state index in [0.717, 1.165) is 4.90 Å². The summed E-state index contributed by atoms with van der Waals surface area (Å²) in [5.41, 5.74) is 3.89. The number of nitrogens with one attached hydrogen (secondary N) is 2. The number of amides is 4. The van der Waals surface area contributed by atoms with Gasteiger partial charge in [0.15, 0.2) is 0 Å². The lowest BCUT2D eigenvalue weighted by molar-refractivity contribution is -0.130. The second kappa shape index (κ2) is 6.33. The summed E-state index contributed by atoms with van der Waals surface area (Å²) in [7, 11) is 0. The Kier molecular flexibility index (Phi) is 5.21. The summed E-state index contributed by atoms with van der Waals surface area (Å²) in [6.07, 6.45) is 0.146. The van der Waals surface area contributed by atoms with E-state index in [9.17, 15) is 23.2 Å². The maximum Gasteiger partial charge on any atom is 0.325 e. The van der Waals surface area contributed by atoms with E-state index >= 15 is 0 Å². The van der Waals surface area contributed by atoms with Crippen molar-refractivity contribution in [2.24, 2.45) is 5.73 Å². The van der Waals surface area contributed by atoms with Crippen LogP contribution in [0.25, 0.3) is 0 Å². The Labute approximate surface area is 121 Å². The van der Waals surface area contributed by atoms with Crippen molar-refractivity contribution in [3.8, 4) is 0 Å². The number of hydrogen-bond acceptors (Lipinski definition) is 4. The average molecular weight is 306 g/mol. The smallest absolute Gasteiger partial charge is 0.325 e. The fourth-order valence-corrected chi connectivity index (χ4v) is 1.81. The zero-order chi connectivity index (χ0) is 16.3. The predicted octanol–water partition coefficient (Wildman–Crippen LogP) is -0.193. The van der Waals surface area contributed by atoms with Crippen molar-refractivity contribution in [1.82, 2.24) is 15.5 Å². The normalized spacial score (nSPS) is 17.9. The molecule has 0 radical (unpaired) electrons. The number of urea groups is 1. The van der Waals surface area contributed by atoms with Crippen LogP contribution in [0.15, 0.2) is 0 Å². The first-order valence-corrected chi connectivity index (χ1v) is 6.58. The van der Waals surface area contributed by atoms with Gasteiger partial charge in [-0.3, -0.25) is 14.5 Å². The number of halogens is 2. The molecule has 0 aromatic carbocycles. The van der Waals surface area contributed by atoms with Gasteiger partial charge in [-0.1, -0.05) is 0 Å². The Morgan fingerprint density at radius 2 is 2.05 bits per heavy atom. The highest BCUT2D eigenvalue weighted by Gasteiger charge is 2.43. The first-order valence-electron chi connectivity index (χ1n) is 6.58. The van der Waals surface area contributed by atoms with Crippen molar-refractivity contribution in [3.05, 3.63) is 0 Å². The Bertz CT molecular complexity index is 440. The maximum atomic E-state index is 12.8. The Morgan fingerprint density at radius 3 is 2.52 bits per heavy atom. The number of alkyl halides is 2. The number of hydrogen-bond donors (Lipinski definition) is 3. The topological polar surface area (TPSA) is 105 Å². The van der Waals surface area contributed by atoms with Crippen LogP contribution in [0.1, 0.15) is 26.7 Å². The van der Waals surface area contributed by atoms with Gasteiger partial charge >= 0.3 is 6.03 Å². The first-order chi connectivity index (χ1) is 9.59. The van der Waals surface area contributed by atoms with E-state index in [2.05, 4.69) is 10.6 Å². The van der Waals surface area contributed by atoms with Crippen LogP contribution in [-0.4, -0.2) is 53.8 Å². The van der Waals surface area contributed by atoms with Gasteiger partial charge in [-0.15, -0.1) is 0 Å². The summed E-state index contributed by atoms with van der Waals surface area (Å²) in [6, 6.07) is -0.514. The zero-order valence-corrected chi connectivity index (χ0v) is 12.0. The standard InChI is InChI=1S/C12H20F2N4O3/c1-11(2)9(20)18(10(21)17-11)5-3-4-8(19)16-7-12(13,14)6-15/h3-7,15H2,1-2H3,(H,16,19)(H,17,21). The fraction of sp³-hybridized carbons (Fsp3) is 0.750. The molecule has 1 fully saturated rings. The SMILES string of the molecule is CC1(C)NC(=O)N(CCCC(=O)NCC(F)(F)CN)C1=O. The molecule has 0 aliphatic carbocycles. The second-order valence-corrected chi connectivity index (χ2v) is 5.45. The molecule has 1 heterocycles. The molecule has 0 spiro atoms. The largest absolute Gasteiger partial charge is 0.350 e. The summed E-state index contributed by atoms with van der Waals surface area (Å²) in [5.74, 6) is -4.08. The van der Waals surface area contributed by atoms with Crippen LogP contribution in [0, 0.1) is 0 Å². The summed E-state index contributed by atoms with van der Waals surface area (Å²) in [6.45, 7) is 1.56. The minimum Gasteiger partial charge on any atom is -0.350 e. The highest BCUT2D eigenvalue weighted by Crippen LogP contribution is 2.17. The molecule has 120 valence electrons. The Morgan fingerprint density at radius 1 is 1.43 bits per heavy atom. The molecule has 0 aromatic rings. The molecule has 4 N–H and O–H groups in total. The molecule has 1 aliphatic heterocycles. The van der Waals surface area contributed by atoms with Crippen LogP contribution < -0.4 is 16.4 Å². The fourth-order valence-electron chi connectivity index (χ4n) is 1.81. The molecule has 1 aliphatic rings. The molecule has 7 nitrogen and oxygen atoms in total. The molecule has 0 unspecified atom stereocenters. The number of carbonyl (C=O) groups excluding carboxylic acids is 3. The van der Waals surface area contributed by atoms with Gasteiger partial charge in [-0.05, 0) is 20.3 Å². The molecular weight excluding hydrogens is 286 g/mol. The molecule has 9 heteroatoms. The lowest BCUT2D eigenvalue weighted by atomic mass is 10.1. The van der Waals surface area contributed by atoms with Crippen LogP contribution in [0.3, 0.4) is 0 Å². The van der Waals surface area contributed by atoms with E-state index in [0.29, 0.717) is 0 Å². The van der Waals surface area contributed by atoms with E-state index in [1.165, 1.54) is 0 Å². The Hall–Kier alpha value is -1.77. The number of rotatable bonds is 7. The average Bonchev–Trinajstić information content (AvgIpc) is 2.58. The molecule has 1 saturated heterocycles. The molecule has 1 rings (SSSR count). The Balaban J connectivity index is 2.33. The monoisotopic (exact) mass is 306 g/mol. The van der Waals surface area contributed by atoms with Crippen molar-refractivity contribution in [2.75, 3.05) is 19.6 Å². The highest BCUT2D eigenvalue weighted by atomic mass is 19.3. The highest BCUT2D eigenvalue weighted by molar-refractivity contribution is 6.06. The van der Waals surface area contributed by atoms with E-state index in [4.69, 9.17) is 5.73 Å². The number of carbonyl (C=O) groups is 3. The van der Waals surface area contributed by atoms with E-state index in [1.54, 1.807) is 13.8 Å². The van der Waals surface area contributed by atoms with Gasteiger partial charge in [0, 0.05) is 13.0 Å². The maximum absolute atomic E-state index is 12.8. The van der Waals surface area contributed by atoms with Crippen LogP contribution in [0.4, 0.5) is 13.6 Å².